The Labute approximate surface area is 300 Å². The molecule has 3 heteroatoms. The van der Waals surface area contributed by atoms with Crippen LogP contribution in [0.5, 0.6) is 0 Å². The first-order chi connectivity index (χ1) is 25.3. The Bertz CT molecular complexity index is 2850. The maximum atomic E-state index is 6.21. The van der Waals surface area contributed by atoms with Crippen molar-refractivity contribution in [2.24, 2.45) is 0 Å². The molecule has 51 heavy (non-hydrogen) atoms. The molecule has 240 valence electrons. The average molecular weight is 670 g/mol. The fraction of sp³-hybridized carbons (Fsp3) is 0. The van der Waals surface area contributed by atoms with E-state index in [4.69, 9.17) is 4.42 Å². The minimum absolute atomic E-state index is 0.899. The molecular weight excluding hydrogens is 639 g/mol. The van der Waals surface area contributed by atoms with Crippen molar-refractivity contribution < 1.29 is 4.42 Å². The lowest BCUT2D eigenvalue weighted by molar-refractivity contribution is 0.669. The van der Waals surface area contributed by atoms with Gasteiger partial charge in [0.1, 0.15) is 11.2 Å². The van der Waals surface area contributed by atoms with Crippen LogP contribution in [0.4, 0.5) is 17.1 Å². The van der Waals surface area contributed by atoms with Crippen LogP contribution in [0.3, 0.4) is 0 Å². The molecule has 0 amide bonds. The standard InChI is InChI=1S/C48H31NOS/c1-3-12-32(13-4-1)34-22-25-38(26-23-34)49(44-19-11-18-42-41-17-8-10-21-47(41)51-48(42)44)39-29-36(33-14-5-2-6-15-33)28-37(30-39)35-24-27-46-43(31-35)40-16-7-9-20-45(40)50-46/h1-31H. The lowest BCUT2D eigenvalue weighted by atomic mass is 9.96. The van der Waals surface area contributed by atoms with Gasteiger partial charge in [0.25, 0.3) is 0 Å². The van der Waals surface area contributed by atoms with Gasteiger partial charge in [-0.2, -0.15) is 0 Å². The van der Waals surface area contributed by atoms with Crippen LogP contribution in [-0.4, -0.2) is 0 Å². The van der Waals surface area contributed by atoms with E-state index in [1.807, 2.05) is 23.5 Å². The predicted octanol–water partition coefficient (Wildman–Crippen LogP) is 14.4. The number of fused-ring (bicyclic) bond motifs is 6. The Hall–Kier alpha value is -6.42. The number of thiophene rings is 1. The molecule has 0 saturated carbocycles. The van der Waals surface area contributed by atoms with Crippen LogP contribution in [0.2, 0.25) is 0 Å². The van der Waals surface area contributed by atoms with Crippen molar-refractivity contribution in [2.45, 2.75) is 0 Å². The van der Waals surface area contributed by atoms with Gasteiger partial charge in [0.15, 0.2) is 0 Å². The van der Waals surface area contributed by atoms with E-state index in [2.05, 4.69) is 181 Å². The van der Waals surface area contributed by atoms with Crippen LogP contribution < -0.4 is 4.90 Å². The van der Waals surface area contributed by atoms with Gasteiger partial charge in [-0.25, -0.2) is 0 Å². The summed E-state index contributed by atoms with van der Waals surface area (Å²) in [6, 6.07) is 67.6. The monoisotopic (exact) mass is 669 g/mol. The normalized spacial score (nSPS) is 11.5. The number of hydrogen-bond donors (Lipinski definition) is 0. The number of benzene rings is 8. The zero-order valence-corrected chi connectivity index (χ0v) is 28.5. The third-order valence-electron chi connectivity index (χ3n) is 9.85. The van der Waals surface area contributed by atoms with Crippen LogP contribution in [0.25, 0.3) is 75.5 Å². The summed E-state index contributed by atoms with van der Waals surface area (Å²) < 4.78 is 8.77. The third kappa shape index (κ3) is 5.18. The second-order valence-electron chi connectivity index (χ2n) is 12.9. The summed E-state index contributed by atoms with van der Waals surface area (Å²) in [6.45, 7) is 0. The number of rotatable bonds is 6. The number of nitrogens with zero attached hydrogens (tertiary/aromatic N) is 1. The molecule has 0 fully saturated rings. The zero-order valence-electron chi connectivity index (χ0n) is 27.7. The first kappa shape index (κ1) is 29.5. The Morgan fingerprint density at radius 3 is 1.73 bits per heavy atom. The minimum atomic E-state index is 0.899. The number of para-hydroxylation sites is 1. The molecule has 2 heterocycles. The molecule has 2 aromatic heterocycles. The van der Waals surface area contributed by atoms with Gasteiger partial charge in [-0.3, -0.25) is 0 Å². The molecule has 8 aromatic carbocycles. The molecular formula is C48H31NOS. The Morgan fingerprint density at radius 1 is 0.353 bits per heavy atom. The molecule has 0 atom stereocenters. The molecule has 0 aliphatic carbocycles. The highest BCUT2D eigenvalue weighted by Crippen LogP contribution is 2.46. The first-order valence-electron chi connectivity index (χ1n) is 17.2. The van der Waals surface area contributed by atoms with Crippen LogP contribution in [0.1, 0.15) is 0 Å². The van der Waals surface area contributed by atoms with Gasteiger partial charge in [-0.15, -0.1) is 11.3 Å². The fourth-order valence-corrected chi connectivity index (χ4v) is 8.59. The molecule has 0 N–H and O–H groups in total. The maximum absolute atomic E-state index is 6.21. The van der Waals surface area contributed by atoms with E-state index in [-0.39, 0.29) is 0 Å². The van der Waals surface area contributed by atoms with Gasteiger partial charge in [0.05, 0.1) is 10.4 Å². The van der Waals surface area contributed by atoms with Crippen molar-refractivity contribution in [1.29, 1.82) is 0 Å². The first-order valence-corrected chi connectivity index (χ1v) is 18.1. The number of anilines is 3. The SMILES string of the molecule is c1ccc(-c2ccc(N(c3cc(-c4ccccc4)cc(-c4ccc5oc6ccccc6c5c4)c3)c3cccc4c3sc3ccccc34)cc2)cc1. The van der Waals surface area contributed by atoms with Crippen LogP contribution in [0, 0.1) is 0 Å². The summed E-state index contributed by atoms with van der Waals surface area (Å²) in [5.41, 5.74) is 12.2. The molecule has 0 aliphatic heterocycles. The summed E-state index contributed by atoms with van der Waals surface area (Å²) in [7, 11) is 0. The molecule has 10 aromatic rings. The maximum Gasteiger partial charge on any atom is 0.135 e. The lowest BCUT2D eigenvalue weighted by Crippen LogP contribution is -2.10. The predicted molar refractivity (Wildman–Crippen MR) is 218 cm³/mol. The van der Waals surface area contributed by atoms with Crippen molar-refractivity contribution in [1.82, 2.24) is 0 Å². The Kier molecular flexibility index (Phi) is 7.04. The topological polar surface area (TPSA) is 16.4 Å². The summed E-state index contributed by atoms with van der Waals surface area (Å²) >= 11 is 1.86. The summed E-state index contributed by atoms with van der Waals surface area (Å²) in [5, 5.41) is 4.82. The molecule has 2 nitrogen and oxygen atoms in total. The van der Waals surface area contributed by atoms with E-state index in [9.17, 15) is 0 Å². The van der Waals surface area contributed by atoms with Crippen LogP contribution in [-0.2, 0) is 0 Å². The van der Waals surface area contributed by atoms with Crippen molar-refractivity contribution in [3.05, 3.63) is 188 Å². The van der Waals surface area contributed by atoms with Gasteiger partial charge >= 0.3 is 0 Å². The second-order valence-corrected chi connectivity index (χ2v) is 14.0. The van der Waals surface area contributed by atoms with Crippen LogP contribution >= 0.6 is 11.3 Å². The largest absolute Gasteiger partial charge is 0.456 e. The van der Waals surface area contributed by atoms with Gasteiger partial charge in [-0.05, 0) is 94.0 Å². The molecule has 0 spiro atoms. The lowest BCUT2D eigenvalue weighted by Gasteiger charge is -2.27. The van der Waals surface area contributed by atoms with E-state index >= 15 is 0 Å². The van der Waals surface area contributed by atoms with Crippen LogP contribution in [0.15, 0.2) is 192 Å². The molecule has 0 saturated heterocycles. The van der Waals surface area contributed by atoms with Crippen molar-refractivity contribution in [3.63, 3.8) is 0 Å². The van der Waals surface area contributed by atoms with Gasteiger partial charge in [0, 0.05) is 37.6 Å². The Morgan fingerprint density at radius 2 is 0.941 bits per heavy atom. The summed E-state index contributed by atoms with van der Waals surface area (Å²) in [4.78, 5) is 2.44. The molecule has 0 radical (unpaired) electrons. The van der Waals surface area contributed by atoms with E-state index in [0.717, 1.165) is 55.7 Å². The highest BCUT2D eigenvalue weighted by atomic mass is 32.1. The number of furan rings is 1. The summed E-state index contributed by atoms with van der Waals surface area (Å²) in [6.07, 6.45) is 0. The van der Waals surface area contributed by atoms with Gasteiger partial charge < -0.3 is 9.32 Å². The van der Waals surface area contributed by atoms with Crippen molar-refractivity contribution in [2.75, 3.05) is 4.90 Å². The van der Waals surface area contributed by atoms with Crippen molar-refractivity contribution >= 4 is 70.5 Å². The van der Waals surface area contributed by atoms with Gasteiger partial charge in [-0.1, -0.05) is 127 Å². The highest BCUT2D eigenvalue weighted by molar-refractivity contribution is 7.26. The summed E-state index contributed by atoms with van der Waals surface area (Å²) in [5.74, 6) is 0. The average Bonchev–Trinajstić information content (AvgIpc) is 3.78. The molecule has 0 bridgehead atoms. The molecule has 0 unspecified atom stereocenters. The molecule has 0 aliphatic rings. The Balaban J connectivity index is 1.22. The van der Waals surface area contributed by atoms with E-state index < -0.39 is 0 Å². The van der Waals surface area contributed by atoms with E-state index in [0.29, 0.717) is 0 Å². The van der Waals surface area contributed by atoms with Crippen molar-refractivity contribution in [3.8, 4) is 33.4 Å². The highest BCUT2D eigenvalue weighted by Gasteiger charge is 2.20. The fourth-order valence-electron chi connectivity index (χ4n) is 7.38. The third-order valence-corrected chi connectivity index (χ3v) is 11.1. The zero-order chi connectivity index (χ0) is 33.7. The number of hydrogen-bond acceptors (Lipinski definition) is 3. The van der Waals surface area contributed by atoms with E-state index in [1.165, 1.54) is 36.9 Å². The minimum Gasteiger partial charge on any atom is -0.456 e. The quantitative estimate of drug-likeness (QED) is 0.175. The molecule has 10 rings (SSSR count). The van der Waals surface area contributed by atoms with Gasteiger partial charge in [0.2, 0.25) is 0 Å². The smallest absolute Gasteiger partial charge is 0.135 e. The second kappa shape index (κ2) is 12.2. The van der Waals surface area contributed by atoms with E-state index in [1.54, 1.807) is 0 Å².